The maximum absolute atomic E-state index is 12.0. The van der Waals surface area contributed by atoms with E-state index in [1.165, 1.54) is 5.56 Å². The Kier molecular flexibility index (Phi) is 4.81. The molecule has 4 nitrogen and oxygen atoms in total. The molecule has 3 N–H and O–H groups in total. The van der Waals surface area contributed by atoms with E-state index in [2.05, 4.69) is 17.4 Å². The molecule has 2 aromatic rings. The summed E-state index contributed by atoms with van der Waals surface area (Å²) in [5, 5.41) is 2.95. The number of nitrogen functional groups attached to an aromatic ring is 1. The molecule has 120 valence electrons. The van der Waals surface area contributed by atoms with Crippen molar-refractivity contribution in [1.82, 2.24) is 5.32 Å². The zero-order chi connectivity index (χ0) is 16.1. The number of hydrogen-bond acceptors (Lipinski definition) is 3. The second-order valence-corrected chi connectivity index (χ2v) is 5.94. The lowest BCUT2D eigenvalue weighted by molar-refractivity contribution is 0.0951. The molecular weight excluding hydrogens is 288 g/mol. The van der Waals surface area contributed by atoms with Crippen molar-refractivity contribution in [3.05, 3.63) is 59.7 Å². The van der Waals surface area contributed by atoms with Crippen molar-refractivity contribution in [3.8, 4) is 5.75 Å². The van der Waals surface area contributed by atoms with Crippen LogP contribution in [0.1, 0.15) is 35.2 Å². The van der Waals surface area contributed by atoms with Gasteiger partial charge < -0.3 is 15.8 Å². The quantitative estimate of drug-likeness (QED) is 0.610. The zero-order valence-corrected chi connectivity index (χ0v) is 13.1. The summed E-state index contributed by atoms with van der Waals surface area (Å²) < 4.78 is 5.73. The topological polar surface area (TPSA) is 64.4 Å². The van der Waals surface area contributed by atoms with Gasteiger partial charge in [-0.2, -0.15) is 0 Å². The van der Waals surface area contributed by atoms with Crippen molar-refractivity contribution in [1.29, 1.82) is 0 Å². The highest BCUT2D eigenvalue weighted by Gasteiger charge is 2.23. The largest absolute Gasteiger partial charge is 0.491 e. The molecule has 1 amide bonds. The zero-order valence-electron chi connectivity index (χ0n) is 13.1. The third-order valence-electron chi connectivity index (χ3n) is 3.89. The van der Waals surface area contributed by atoms with Crippen molar-refractivity contribution in [2.24, 2.45) is 0 Å². The van der Waals surface area contributed by atoms with Gasteiger partial charge in [-0.05, 0) is 49.4 Å². The first-order valence-corrected chi connectivity index (χ1v) is 8.09. The van der Waals surface area contributed by atoms with E-state index >= 15 is 0 Å². The van der Waals surface area contributed by atoms with E-state index in [4.69, 9.17) is 10.5 Å². The first kappa shape index (κ1) is 15.4. The minimum Gasteiger partial charge on any atom is -0.491 e. The lowest BCUT2D eigenvalue weighted by Crippen LogP contribution is -2.25. The van der Waals surface area contributed by atoms with E-state index in [1.54, 1.807) is 18.2 Å². The molecule has 1 aliphatic carbocycles. The Bertz CT molecular complexity index is 666. The second kappa shape index (κ2) is 7.18. The van der Waals surface area contributed by atoms with Crippen LogP contribution in [-0.4, -0.2) is 18.6 Å². The van der Waals surface area contributed by atoms with Gasteiger partial charge in [-0.1, -0.05) is 30.3 Å². The number of nitrogens with two attached hydrogens (primary N) is 1. The molecule has 0 saturated heterocycles. The summed E-state index contributed by atoms with van der Waals surface area (Å²) in [7, 11) is 0. The maximum Gasteiger partial charge on any atom is 0.251 e. The molecule has 0 bridgehead atoms. The van der Waals surface area contributed by atoms with E-state index in [1.807, 2.05) is 18.2 Å². The van der Waals surface area contributed by atoms with Crippen molar-refractivity contribution in [3.63, 3.8) is 0 Å². The highest BCUT2D eigenvalue weighted by atomic mass is 16.5. The van der Waals surface area contributed by atoms with E-state index in [0.717, 1.165) is 25.7 Å². The standard InChI is InChI=1S/C19H22N2O2/c20-17-13-15(19(22)21-16-9-10-16)8-11-18(17)23-12-4-7-14-5-2-1-3-6-14/h1-3,5-6,8,11,13,16H,4,7,9-10,12,20H2,(H,21,22). The molecule has 2 aromatic carbocycles. The molecule has 1 aliphatic rings. The second-order valence-electron chi connectivity index (χ2n) is 5.94. The molecule has 0 heterocycles. The van der Waals surface area contributed by atoms with Crippen molar-refractivity contribution < 1.29 is 9.53 Å². The Morgan fingerprint density at radius 3 is 2.65 bits per heavy atom. The molecule has 23 heavy (non-hydrogen) atoms. The molecule has 0 aromatic heterocycles. The summed E-state index contributed by atoms with van der Waals surface area (Å²) in [6, 6.07) is 15.9. The Morgan fingerprint density at radius 2 is 1.96 bits per heavy atom. The molecule has 0 atom stereocenters. The average Bonchev–Trinajstić information content (AvgIpc) is 3.37. The van der Waals surface area contributed by atoms with Gasteiger partial charge in [0.1, 0.15) is 5.75 Å². The predicted molar refractivity (Wildman–Crippen MR) is 91.6 cm³/mol. The molecule has 0 aliphatic heterocycles. The van der Waals surface area contributed by atoms with E-state index in [9.17, 15) is 4.79 Å². The third-order valence-corrected chi connectivity index (χ3v) is 3.89. The number of rotatable bonds is 7. The van der Waals surface area contributed by atoms with Crippen LogP contribution in [0.2, 0.25) is 0 Å². The van der Waals surface area contributed by atoms with Gasteiger partial charge in [-0.25, -0.2) is 0 Å². The van der Waals surface area contributed by atoms with Crippen LogP contribution in [0, 0.1) is 0 Å². The molecule has 3 rings (SSSR count). The summed E-state index contributed by atoms with van der Waals surface area (Å²) in [5.41, 5.74) is 8.39. The predicted octanol–water partition coefficient (Wildman–Crippen LogP) is 3.17. The Morgan fingerprint density at radius 1 is 1.17 bits per heavy atom. The van der Waals surface area contributed by atoms with Crippen molar-refractivity contribution in [2.45, 2.75) is 31.7 Å². The number of carbonyl (C=O) groups is 1. The van der Waals surface area contributed by atoms with Crippen molar-refractivity contribution >= 4 is 11.6 Å². The summed E-state index contributed by atoms with van der Waals surface area (Å²) >= 11 is 0. The molecule has 1 saturated carbocycles. The van der Waals surface area contributed by atoms with Crippen LogP contribution < -0.4 is 15.8 Å². The van der Waals surface area contributed by atoms with Crippen LogP contribution in [0.4, 0.5) is 5.69 Å². The van der Waals surface area contributed by atoms with Gasteiger partial charge in [0.2, 0.25) is 0 Å². The fourth-order valence-electron chi connectivity index (χ4n) is 2.42. The van der Waals surface area contributed by atoms with Gasteiger partial charge in [-0.3, -0.25) is 4.79 Å². The number of amides is 1. The number of aryl methyl sites for hydroxylation is 1. The molecule has 0 spiro atoms. The van der Waals surface area contributed by atoms with E-state index in [-0.39, 0.29) is 5.91 Å². The molecule has 4 heteroatoms. The number of ether oxygens (including phenoxy) is 1. The van der Waals surface area contributed by atoms with Crippen LogP contribution >= 0.6 is 0 Å². The first-order chi connectivity index (χ1) is 11.2. The number of benzene rings is 2. The summed E-state index contributed by atoms with van der Waals surface area (Å²) in [4.78, 5) is 12.0. The fraction of sp³-hybridized carbons (Fsp3) is 0.316. The molecule has 1 fully saturated rings. The number of anilines is 1. The lowest BCUT2D eigenvalue weighted by atomic mass is 10.1. The SMILES string of the molecule is Nc1cc(C(=O)NC2CC2)ccc1OCCCc1ccccc1. The Labute approximate surface area is 136 Å². The Hall–Kier alpha value is -2.49. The minimum atomic E-state index is -0.0603. The van der Waals surface area contributed by atoms with Gasteiger partial charge in [0, 0.05) is 11.6 Å². The summed E-state index contributed by atoms with van der Waals surface area (Å²) in [6.07, 6.45) is 4.05. The van der Waals surface area contributed by atoms with Crippen LogP contribution in [-0.2, 0) is 6.42 Å². The summed E-state index contributed by atoms with van der Waals surface area (Å²) in [5.74, 6) is 0.580. The van der Waals surface area contributed by atoms with Gasteiger partial charge in [-0.15, -0.1) is 0 Å². The van der Waals surface area contributed by atoms with Crippen molar-refractivity contribution in [2.75, 3.05) is 12.3 Å². The maximum atomic E-state index is 12.0. The van der Waals surface area contributed by atoms with Gasteiger partial charge in [0.15, 0.2) is 0 Å². The number of nitrogens with one attached hydrogen (secondary N) is 1. The third kappa shape index (κ3) is 4.49. The lowest BCUT2D eigenvalue weighted by Gasteiger charge is -2.10. The monoisotopic (exact) mass is 310 g/mol. The van der Waals surface area contributed by atoms with E-state index in [0.29, 0.717) is 29.6 Å². The highest BCUT2D eigenvalue weighted by molar-refractivity contribution is 5.95. The number of carbonyl (C=O) groups excluding carboxylic acids is 1. The molecule has 0 radical (unpaired) electrons. The van der Waals surface area contributed by atoms with Gasteiger partial charge >= 0.3 is 0 Å². The van der Waals surface area contributed by atoms with Crippen LogP contribution in [0.15, 0.2) is 48.5 Å². The average molecular weight is 310 g/mol. The Balaban J connectivity index is 1.48. The number of hydrogen-bond donors (Lipinski definition) is 2. The van der Waals surface area contributed by atoms with Crippen LogP contribution in [0.25, 0.3) is 0 Å². The first-order valence-electron chi connectivity index (χ1n) is 8.09. The van der Waals surface area contributed by atoms with Gasteiger partial charge in [0.05, 0.1) is 12.3 Å². The molecular formula is C19H22N2O2. The van der Waals surface area contributed by atoms with E-state index < -0.39 is 0 Å². The highest BCUT2D eigenvalue weighted by Crippen LogP contribution is 2.24. The van der Waals surface area contributed by atoms with Gasteiger partial charge in [0.25, 0.3) is 5.91 Å². The molecule has 0 unspecified atom stereocenters. The summed E-state index contributed by atoms with van der Waals surface area (Å²) in [6.45, 7) is 0.604. The fourth-order valence-corrected chi connectivity index (χ4v) is 2.42. The normalized spacial score (nSPS) is 13.6. The smallest absolute Gasteiger partial charge is 0.251 e. The van der Waals surface area contributed by atoms with Crippen LogP contribution in [0.5, 0.6) is 5.75 Å². The van der Waals surface area contributed by atoms with Crippen LogP contribution in [0.3, 0.4) is 0 Å². The minimum absolute atomic E-state index is 0.0603.